The SMILES string of the molecule is C[C@@H](CC(=O)N[C@H]1CCc2cccc3c2N(C1=O)[C@H](C(=O)O)C3)N(C)C(=O)Cc1ccccc1. The number of carbonyl (C=O) groups is 4. The summed E-state index contributed by atoms with van der Waals surface area (Å²) in [5, 5.41) is 12.5. The van der Waals surface area contributed by atoms with E-state index in [0.29, 0.717) is 18.5 Å². The highest BCUT2D eigenvalue weighted by Crippen LogP contribution is 2.39. The molecule has 3 atom stereocenters. The van der Waals surface area contributed by atoms with Crippen LogP contribution in [-0.4, -0.2) is 58.9 Å². The van der Waals surface area contributed by atoms with Gasteiger partial charge in [0.1, 0.15) is 12.1 Å². The molecule has 0 aromatic heterocycles. The zero-order chi connectivity index (χ0) is 24.4. The standard InChI is InChI=1S/C26H29N3O5/c1-16(28(2)23(31)14-17-7-4-3-5-8-17)13-22(30)27-20-12-11-18-9-6-10-19-15-21(26(33)34)29(24(18)19)25(20)32/h3-10,16,20-21H,11-15H2,1-2H3,(H,27,30)(H,33,34)/t16-,20-,21-/m0/s1. The van der Waals surface area contributed by atoms with E-state index < -0.39 is 24.0 Å². The number of para-hydroxylation sites is 1. The molecular formula is C26H29N3O5. The van der Waals surface area contributed by atoms with Gasteiger partial charge >= 0.3 is 5.97 Å². The van der Waals surface area contributed by atoms with E-state index in [1.807, 2.05) is 48.5 Å². The number of hydrogen-bond acceptors (Lipinski definition) is 4. The van der Waals surface area contributed by atoms with Crippen LogP contribution in [0.5, 0.6) is 0 Å². The first-order chi connectivity index (χ1) is 16.3. The molecule has 3 amide bonds. The summed E-state index contributed by atoms with van der Waals surface area (Å²) in [6.07, 6.45) is 1.50. The Balaban J connectivity index is 1.41. The lowest BCUT2D eigenvalue weighted by Crippen LogP contribution is -2.53. The summed E-state index contributed by atoms with van der Waals surface area (Å²) < 4.78 is 0. The highest BCUT2D eigenvalue weighted by Gasteiger charge is 2.44. The molecule has 0 bridgehead atoms. The summed E-state index contributed by atoms with van der Waals surface area (Å²) in [7, 11) is 1.67. The summed E-state index contributed by atoms with van der Waals surface area (Å²) in [4.78, 5) is 53.5. The summed E-state index contributed by atoms with van der Waals surface area (Å²) in [6, 6.07) is 12.9. The van der Waals surface area contributed by atoms with Gasteiger partial charge in [0.15, 0.2) is 0 Å². The van der Waals surface area contributed by atoms with Crippen molar-refractivity contribution in [3.05, 3.63) is 65.2 Å². The van der Waals surface area contributed by atoms with E-state index in [-0.39, 0.29) is 37.1 Å². The summed E-state index contributed by atoms with van der Waals surface area (Å²) in [5.74, 6) is -1.90. The molecule has 2 aliphatic rings. The third-order valence-electron chi connectivity index (χ3n) is 6.76. The number of carbonyl (C=O) groups excluding carboxylic acids is 3. The number of likely N-dealkylation sites (N-methyl/N-ethyl adjacent to an activating group) is 1. The van der Waals surface area contributed by atoms with Crippen LogP contribution in [0.4, 0.5) is 5.69 Å². The van der Waals surface area contributed by atoms with Crippen LogP contribution < -0.4 is 10.2 Å². The summed E-state index contributed by atoms with van der Waals surface area (Å²) in [6.45, 7) is 1.79. The third-order valence-corrected chi connectivity index (χ3v) is 6.76. The van der Waals surface area contributed by atoms with Gasteiger partial charge in [-0.15, -0.1) is 0 Å². The average Bonchev–Trinajstić information content (AvgIpc) is 3.15. The van der Waals surface area contributed by atoms with Crippen LogP contribution in [0.1, 0.15) is 36.5 Å². The van der Waals surface area contributed by atoms with Gasteiger partial charge in [-0.25, -0.2) is 4.79 Å². The molecule has 0 spiro atoms. The number of aryl methyl sites for hydroxylation is 1. The molecule has 8 heteroatoms. The molecule has 0 fully saturated rings. The first kappa shape index (κ1) is 23.5. The van der Waals surface area contributed by atoms with Gasteiger partial charge < -0.3 is 15.3 Å². The van der Waals surface area contributed by atoms with Crippen LogP contribution in [-0.2, 0) is 38.4 Å². The van der Waals surface area contributed by atoms with Gasteiger partial charge in [-0.3, -0.25) is 19.3 Å². The third kappa shape index (κ3) is 4.66. The van der Waals surface area contributed by atoms with Crippen molar-refractivity contribution in [3.63, 3.8) is 0 Å². The number of aliphatic carboxylic acids is 1. The van der Waals surface area contributed by atoms with Crippen LogP contribution in [0.2, 0.25) is 0 Å². The summed E-state index contributed by atoms with van der Waals surface area (Å²) >= 11 is 0. The molecule has 2 heterocycles. The Morgan fingerprint density at radius 3 is 2.53 bits per heavy atom. The molecule has 0 radical (unpaired) electrons. The quantitative estimate of drug-likeness (QED) is 0.653. The Morgan fingerprint density at radius 2 is 1.82 bits per heavy atom. The molecule has 0 saturated carbocycles. The minimum atomic E-state index is -1.06. The maximum atomic E-state index is 13.3. The lowest BCUT2D eigenvalue weighted by molar-refractivity contribution is -0.140. The minimum absolute atomic E-state index is 0.0430. The molecule has 2 aromatic rings. The number of anilines is 1. The average molecular weight is 464 g/mol. The Morgan fingerprint density at radius 1 is 1.12 bits per heavy atom. The molecule has 178 valence electrons. The van der Waals surface area contributed by atoms with Crippen molar-refractivity contribution >= 4 is 29.4 Å². The Kier molecular flexibility index (Phi) is 6.68. The van der Waals surface area contributed by atoms with Crippen LogP contribution in [0, 0.1) is 0 Å². The van der Waals surface area contributed by atoms with Gasteiger partial charge in [-0.05, 0) is 36.5 Å². The number of amides is 3. The van der Waals surface area contributed by atoms with Crippen molar-refractivity contribution in [2.24, 2.45) is 0 Å². The van der Waals surface area contributed by atoms with Crippen LogP contribution in [0.15, 0.2) is 48.5 Å². The Hall–Kier alpha value is -3.68. The number of benzene rings is 2. The monoisotopic (exact) mass is 463 g/mol. The minimum Gasteiger partial charge on any atom is -0.480 e. The molecule has 34 heavy (non-hydrogen) atoms. The number of nitrogens with one attached hydrogen (secondary N) is 1. The molecule has 4 rings (SSSR count). The summed E-state index contributed by atoms with van der Waals surface area (Å²) in [5.41, 5.74) is 3.34. The van der Waals surface area contributed by atoms with Gasteiger partial charge in [0.25, 0.3) is 0 Å². The van der Waals surface area contributed by atoms with E-state index >= 15 is 0 Å². The second-order valence-corrected chi connectivity index (χ2v) is 9.07. The van der Waals surface area contributed by atoms with Crippen molar-refractivity contribution in [1.82, 2.24) is 10.2 Å². The second-order valence-electron chi connectivity index (χ2n) is 9.07. The van der Waals surface area contributed by atoms with Gasteiger partial charge in [0, 0.05) is 25.9 Å². The fourth-order valence-corrected chi connectivity index (χ4v) is 4.76. The van der Waals surface area contributed by atoms with E-state index in [1.165, 1.54) is 4.90 Å². The van der Waals surface area contributed by atoms with Crippen molar-refractivity contribution in [3.8, 4) is 0 Å². The number of rotatable bonds is 7. The Bertz CT molecular complexity index is 1120. The molecular weight excluding hydrogens is 434 g/mol. The Labute approximate surface area is 198 Å². The van der Waals surface area contributed by atoms with Crippen LogP contribution in [0.3, 0.4) is 0 Å². The maximum absolute atomic E-state index is 13.3. The highest BCUT2D eigenvalue weighted by molar-refractivity contribution is 6.06. The zero-order valence-electron chi connectivity index (χ0n) is 19.4. The lowest BCUT2D eigenvalue weighted by atomic mass is 10.0. The topological polar surface area (TPSA) is 107 Å². The first-order valence-electron chi connectivity index (χ1n) is 11.5. The van der Waals surface area contributed by atoms with E-state index in [9.17, 15) is 24.3 Å². The lowest BCUT2D eigenvalue weighted by Gasteiger charge is -2.28. The van der Waals surface area contributed by atoms with Crippen molar-refractivity contribution in [2.45, 2.75) is 57.2 Å². The predicted molar refractivity (Wildman–Crippen MR) is 126 cm³/mol. The van der Waals surface area contributed by atoms with Crippen molar-refractivity contribution < 1.29 is 24.3 Å². The zero-order valence-corrected chi connectivity index (χ0v) is 19.4. The smallest absolute Gasteiger partial charge is 0.327 e. The molecule has 0 saturated heterocycles. The fourth-order valence-electron chi connectivity index (χ4n) is 4.76. The molecule has 2 aromatic carbocycles. The van der Waals surface area contributed by atoms with Gasteiger partial charge in [-0.1, -0.05) is 48.5 Å². The van der Waals surface area contributed by atoms with Crippen LogP contribution >= 0.6 is 0 Å². The predicted octanol–water partition coefficient (Wildman–Crippen LogP) is 1.94. The van der Waals surface area contributed by atoms with E-state index in [0.717, 1.165) is 16.7 Å². The van der Waals surface area contributed by atoms with Gasteiger partial charge in [-0.2, -0.15) is 0 Å². The molecule has 8 nitrogen and oxygen atoms in total. The largest absolute Gasteiger partial charge is 0.480 e. The molecule has 2 N–H and O–H groups in total. The molecule has 0 unspecified atom stereocenters. The van der Waals surface area contributed by atoms with Gasteiger partial charge in [0.2, 0.25) is 17.7 Å². The van der Waals surface area contributed by atoms with Crippen molar-refractivity contribution in [1.29, 1.82) is 0 Å². The molecule has 2 aliphatic heterocycles. The number of nitrogens with zero attached hydrogens (tertiary/aromatic N) is 2. The second kappa shape index (κ2) is 9.67. The molecule has 0 aliphatic carbocycles. The number of carboxylic acids is 1. The fraction of sp³-hybridized carbons (Fsp3) is 0.385. The normalized spacial score (nSPS) is 19.7. The maximum Gasteiger partial charge on any atom is 0.327 e. The van der Waals surface area contributed by atoms with E-state index in [4.69, 9.17) is 0 Å². The number of hydrogen-bond donors (Lipinski definition) is 2. The van der Waals surface area contributed by atoms with E-state index in [1.54, 1.807) is 18.9 Å². The van der Waals surface area contributed by atoms with Crippen LogP contribution in [0.25, 0.3) is 0 Å². The van der Waals surface area contributed by atoms with Gasteiger partial charge in [0.05, 0.1) is 12.1 Å². The first-order valence-corrected chi connectivity index (χ1v) is 11.5. The highest BCUT2D eigenvalue weighted by atomic mass is 16.4. The number of carboxylic acid groups (broad SMARTS) is 1. The van der Waals surface area contributed by atoms with Crippen molar-refractivity contribution in [2.75, 3.05) is 11.9 Å². The van der Waals surface area contributed by atoms with E-state index in [2.05, 4.69) is 5.32 Å².